The zero-order valence-electron chi connectivity index (χ0n) is 6.85. The Balaban J connectivity index is 2.17. The topological polar surface area (TPSA) is 55.1 Å². The minimum Gasteiger partial charge on any atom is -0.351 e. The Labute approximate surface area is 80.5 Å². The number of amides is 1. The summed E-state index contributed by atoms with van der Waals surface area (Å²) in [4.78, 5) is 11.2. The molecule has 0 aromatic rings. The summed E-state index contributed by atoms with van der Waals surface area (Å²) in [5.41, 5.74) is 5.56. The Morgan fingerprint density at radius 1 is 1.67 bits per heavy atom. The SMILES string of the molecule is C=C(Br)CNC(=O)C1CC(N)C1. The highest BCUT2D eigenvalue weighted by molar-refractivity contribution is 9.11. The van der Waals surface area contributed by atoms with E-state index < -0.39 is 0 Å². The second-order valence-electron chi connectivity index (χ2n) is 3.16. The van der Waals surface area contributed by atoms with Gasteiger partial charge < -0.3 is 11.1 Å². The number of rotatable bonds is 3. The summed E-state index contributed by atoms with van der Waals surface area (Å²) in [6.07, 6.45) is 1.64. The van der Waals surface area contributed by atoms with E-state index in [-0.39, 0.29) is 17.9 Å². The Morgan fingerprint density at radius 3 is 2.67 bits per heavy atom. The Morgan fingerprint density at radius 2 is 2.25 bits per heavy atom. The van der Waals surface area contributed by atoms with E-state index in [1.54, 1.807) is 0 Å². The first-order valence-electron chi connectivity index (χ1n) is 3.96. The number of carbonyl (C=O) groups is 1. The van der Waals surface area contributed by atoms with Crippen LogP contribution in [0.2, 0.25) is 0 Å². The van der Waals surface area contributed by atoms with Gasteiger partial charge in [-0.2, -0.15) is 0 Å². The van der Waals surface area contributed by atoms with Gasteiger partial charge >= 0.3 is 0 Å². The monoisotopic (exact) mass is 232 g/mol. The number of nitrogens with two attached hydrogens (primary N) is 1. The number of hydrogen-bond acceptors (Lipinski definition) is 2. The third kappa shape index (κ3) is 2.60. The van der Waals surface area contributed by atoms with Gasteiger partial charge in [0.25, 0.3) is 0 Å². The van der Waals surface area contributed by atoms with Crippen molar-refractivity contribution in [1.29, 1.82) is 0 Å². The first kappa shape index (κ1) is 9.74. The molecule has 0 bridgehead atoms. The fourth-order valence-electron chi connectivity index (χ4n) is 1.20. The van der Waals surface area contributed by atoms with Crippen LogP contribution in [-0.4, -0.2) is 18.5 Å². The molecule has 0 atom stereocenters. The van der Waals surface area contributed by atoms with E-state index in [4.69, 9.17) is 5.73 Å². The minimum atomic E-state index is 0.0947. The molecule has 1 saturated carbocycles. The highest BCUT2D eigenvalue weighted by Gasteiger charge is 2.31. The van der Waals surface area contributed by atoms with Gasteiger partial charge in [-0.3, -0.25) is 4.79 Å². The summed E-state index contributed by atoms with van der Waals surface area (Å²) in [5.74, 6) is 0.226. The van der Waals surface area contributed by atoms with Crippen molar-refractivity contribution in [2.75, 3.05) is 6.54 Å². The van der Waals surface area contributed by atoms with Crippen LogP contribution in [0.25, 0.3) is 0 Å². The van der Waals surface area contributed by atoms with Crippen LogP contribution in [0.1, 0.15) is 12.8 Å². The molecule has 0 heterocycles. The van der Waals surface area contributed by atoms with Gasteiger partial charge in [0.2, 0.25) is 5.91 Å². The molecule has 0 radical (unpaired) electrons. The lowest BCUT2D eigenvalue weighted by molar-refractivity contribution is -0.127. The molecule has 3 N–H and O–H groups in total. The van der Waals surface area contributed by atoms with E-state index in [1.165, 1.54) is 0 Å². The fraction of sp³-hybridized carbons (Fsp3) is 0.625. The van der Waals surface area contributed by atoms with Crippen LogP contribution in [0.3, 0.4) is 0 Å². The fourth-order valence-corrected chi connectivity index (χ4v) is 1.34. The second kappa shape index (κ2) is 4.05. The summed E-state index contributed by atoms with van der Waals surface area (Å²) < 4.78 is 0.791. The summed E-state index contributed by atoms with van der Waals surface area (Å²) in [6, 6.07) is 0.230. The van der Waals surface area contributed by atoms with Crippen LogP contribution in [0.4, 0.5) is 0 Å². The maximum atomic E-state index is 11.2. The third-order valence-corrected chi connectivity index (χ3v) is 2.28. The normalized spacial score (nSPS) is 27.5. The van der Waals surface area contributed by atoms with Crippen molar-refractivity contribution in [1.82, 2.24) is 5.32 Å². The van der Waals surface area contributed by atoms with Gasteiger partial charge in [-0.05, 0) is 12.8 Å². The smallest absolute Gasteiger partial charge is 0.223 e. The lowest BCUT2D eigenvalue weighted by Gasteiger charge is -2.30. The van der Waals surface area contributed by atoms with Gasteiger partial charge in [-0.1, -0.05) is 22.5 Å². The maximum absolute atomic E-state index is 11.2. The molecule has 3 nitrogen and oxygen atoms in total. The molecule has 0 aliphatic heterocycles. The van der Waals surface area contributed by atoms with E-state index >= 15 is 0 Å². The molecule has 0 unspecified atom stereocenters. The van der Waals surface area contributed by atoms with Crippen LogP contribution >= 0.6 is 15.9 Å². The maximum Gasteiger partial charge on any atom is 0.223 e. The largest absolute Gasteiger partial charge is 0.351 e. The third-order valence-electron chi connectivity index (χ3n) is 2.00. The van der Waals surface area contributed by atoms with Crippen molar-refractivity contribution in [3.8, 4) is 0 Å². The Kier molecular flexibility index (Phi) is 3.29. The van der Waals surface area contributed by atoms with E-state index in [0.717, 1.165) is 17.3 Å². The highest BCUT2D eigenvalue weighted by atomic mass is 79.9. The molecule has 1 rings (SSSR count). The first-order chi connectivity index (χ1) is 5.59. The molecule has 0 aromatic carbocycles. The van der Waals surface area contributed by atoms with Gasteiger partial charge in [0.15, 0.2) is 0 Å². The number of hydrogen-bond donors (Lipinski definition) is 2. The molecule has 68 valence electrons. The van der Waals surface area contributed by atoms with E-state index in [0.29, 0.717) is 6.54 Å². The molecule has 1 amide bonds. The lowest BCUT2D eigenvalue weighted by Crippen LogP contribution is -2.45. The standard InChI is InChI=1S/C8H13BrN2O/c1-5(9)4-11-8(12)6-2-7(10)3-6/h6-7H,1-4,10H2,(H,11,12). The molecule has 0 saturated heterocycles. The highest BCUT2D eigenvalue weighted by Crippen LogP contribution is 2.25. The van der Waals surface area contributed by atoms with Gasteiger partial charge in [0.1, 0.15) is 0 Å². The van der Waals surface area contributed by atoms with Gasteiger partial charge in [-0.25, -0.2) is 0 Å². The van der Waals surface area contributed by atoms with Crippen molar-refractivity contribution in [2.24, 2.45) is 11.7 Å². The zero-order valence-corrected chi connectivity index (χ0v) is 8.43. The summed E-state index contributed by atoms with van der Waals surface area (Å²) in [6.45, 7) is 4.13. The summed E-state index contributed by atoms with van der Waals surface area (Å²) in [7, 11) is 0. The van der Waals surface area contributed by atoms with E-state index in [1.807, 2.05) is 0 Å². The molecule has 1 aliphatic carbocycles. The predicted octanol–water partition coefficient (Wildman–Crippen LogP) is 0.749. The Hall–Kier alpha value is -0.350. The minimum absolute atomic E-state index is 0.0947. The second-order valence-corrected chi connectivity index (χ2v) is 4.28. The predicted molar refractivity (Wildman–Crippen MR) is 51.8 cm³/mol. The number of halogens is 1. The van der Waals surface area contributed by atoms with Crippen molar-refractivity contribution in [2.45, 2.75) is 18.9 Å². The van der Waals surface area contributed by atoms with Crippen LogP contribution in [-0.2, 0) is 4.79 Å². The van der Waals surface area contributed by atoms with Crippen molar-refractivity contribution in [3.05, 3.63) is 11.1 Å². The van der Waals surface area contributed by atoms with Gasteiger partial charge in [0.05, 0.1) is 0 Å². The van der Waals surface area contributed by atoms with Crippen LogP contribution in [0.15, 0.2) is 11.1 Å². The summed E-state index contributed by atoms with van der Waals surface area (Å²) in [5, 5.41) is 2.76. The molecule has 4 heteroatoms. The first-order valence-corrected chi connectivity index (χ1v) is 4.75. The van der Waals surface area contributed by atoms with Crippen LogP contribution in [0, 0.1) is 5.92 Å². The van der Waals surface area contributed by atoms with Gasteiger partial charge in [0, 0.05) is 23.0 Å². The van der Waals surface area contributed by atoms with Crippen LogP contribution < -0.4 is 11.1 Å². The molecule has 0 spiro atoms. The zero-order chi connectivity index (χ0) is 9.14. The van der Waals surface area contributed by atoms with E-state index in [2.05, 4.69) is 27.8 Å². The average Bonchev–Trinajstić information content (AvgIpc) is 1.94. The summed E-state index contributed by atoms with van der Waals surface area (Å²) >= 11 is 3.17. The molecule has 1 aliphatic rings. The van der Waals surface area contributed by atoms with Crippen molar-refractivity contribution < 1.29 is 4.79 Å². The molecule has 1 fully saturated rings. The van der Waals surface area contributed by atoms with E-state index in [9.17, 15) is 4.79 Å². The average molecular weight is 233 g/mol. The van der Waals surface area contributed by atoms with Gasteiger partial charge in [-0.15, -0.1) is 0 Å². The molecular weight excluding hydrogens is 220 g/mol. The van der Waals surface area contributed by atoms with Crippen LogP contribution in [0.5, 0.6) is 0 Å². The Bertz CT molecular complexity index is 199. The number of carbonyl (C=O) groups excluding carboxylic acids is 1. The van der Waals surface area contributed by atoms with Crippen molar-refractivity contribution >= 4 is 21.8 Å². The molecule has 0 aromatic heterocycles. The van der Waals surface area contributed by atoms with Crippen molar-refractivity contribution in [3.63, 3.8) is 0 Å². The quantitative estimate of drug-likeness (QED) is 0.755. The molecular formula is C8H13BrN2O. The lowest BCUT2D eigenvalue weighted by atomic mass is 9.80. The molecule has 12 heavy (non-hydrogen) atoms. The number of nitrogens with one attached hydrogen (secondary N) is 1.